The van der Waals surface area contributed by atoms with Gasteiger partial charge in [0.05, 0.1) is 6.42 Å². The van der Waals surface area contributed by atoms with E-state index in [0.29, 0.717) is 5.75 Å². The molecule has 0 aliphatic rings. The molecule has 1 aromatic carbocycles. The molecular weight excluding hydrogens is 222 g/mol. The summed E-state index contributed by atoms with van der Waals surface area (Å²) in [6.45, 7) is 3.83. The number of rotatable bonds is 4. The largest absolute Gasteiger partial charge is 0.481 e. The second kappa shape index (κ2) is 5.89. The molecule has 0 heterocycles. The highest BCUT2D eigenvalue weighted by Crippen LogP contribution is 2.20. The first-order valence-electron chi connectivity index (χ1n) is 5.24. The number of carbonyl (C=O) groups is 2. The number of aryl methyl sites for hydroxylation is 1. The first-order valence-corrected chi connectivity index (χ1v) is 5.24. The number of carboxylic acid groups (broad SMARTS) is 1. The van der Waals surface area contributed by atoms with Crippen LogP contribution in [-0.2, 0) is 4.79 Å². The lowest BCUT2D eigenvalue weighted by Crippen LogP contribution is -2.29. The average Bonchev–Trinajstić information content (AvgIpc) is 2.24. The maximum Gasteiger partial charge on any atom is 0.412 e. The minimum Gasteiger partial charge on any atom is -0.481 e. The molecule has 0 fully saturated rings. The summed E-state index contributed by atoms with van der Waals surface area (Å²) in [6.07, 6.45) is -0.762. The van der Waals surface area contributed by atoms with Gasteiger partial charge in [0.25, 0.3) is 0 Å². The summed E-state index contributed by atoms with van der Waals surface area (Å²) in [5.41, 5.74) is 1.92. The predicted octanol–water partition coefficient (Wildman–Crippen LogP) is 1.87. The number of amides is 1. The Morgan fingerprint density at radius 1 is 1.35 bits per heavy atom. The first-order chi connectivity index (χ1) is 8.00. The summed E-state index contributed by atoms with van der Waals surface area (Å²) in [7, 11) is 0. The van der Waals surface area contributed by atoms with Crippen molar-refractivity contribution in [2.24, 2.45) is 0 Å². The van der Waals surface area contributed by atoms with Crippen molar-refractivity contribution in [3.05, 3.63) is 29.3 Å². The zero-order valence-corrected chi connectivity index (χ0v) is 9.82. The van der Waals surface area contributed by atoms with E-state index in [1.54, 1.807) is 12.1 Å². The summed E-state index contributed by atoms with van der Waals surface area (Å²) in [5.74, 6) is -0.477. The Bertz CT molecular complexity index is 429. The zero-order valence-electron chi connectivity index (χ0n) is 9.82. The van der Waals surface area contributed by atoms with Crippen molar-refractivity contribution >= 4 is 12.1 Å². The van der Waals surface area contributed by atoms with Crippen LogP contribution in [0.25, 0.3) is 0 Å². The fourth-order valence-electron chi connectivity index (χ4n) is 1.24. The molecule has 2 N–H and O–H groups in total. The predicted molar refractivity (Wildman–Crippen MR) is 62.2 cm³/mol. The molecule has 0 unspecified atom stereocenters. The van der Waals surface area contributed by atoms with Gasteiger partial charge in [-0.2, -0.15) is 0 Å². The minimum atomic E-state index is -0.961. The van der Waals surface area contributed by atoms with Crippen LogP contribution in [0.15, 0.2) is 18.2 Å². The van der Waals surface area contributed by atoms with Crippen molar-refractivity contribution in [2.45, 2.75) is 20.3 Å². The summed E-state index contributed by atoms with van der Waals surface area (Å²) in [4.78, 5) is 21.6. The van der Waals surface area contributed by atoms with E-state index in [2.05, 4.69) is 5.32 Å². The standard InChI is InChI=1S/C12H15NO4/c1-8-4-3-5-10(9(8)2)17-12(16)13-7-6-11(14)15/h3-5H,6-7H2,1-2H3,(H,13,16)(H,14,15). The lowest BCUT2D eigenvalue weighted by atomic mass is 10.1. The molecule has 0 saturated carbocycles. The van der Waals surface area contributed by atoms with Crippen molar-refractivity contribution in [1.82, 2.24) is 5.32 Å². The summed E-state index contributed by atoms with van der Waals surface area (Å²) < 4.78 is 5.06. The van der Waals surface area contributed by atoms with Gasteiger partial charge in [-0.15, -0.1) is 0 Å². The normalized spacial score (nSPS) is 9.76. The second-order valence-corrected chi connectivity index (χ2v) is 3.66. The molecule has 17 heavy (non-hydrogen) atoms. The Morgan fingerprint density at radius 2 is 2.06 bits per heavy atom. The van der Waals surface area contributed by atoms with Gasteiger partial charge in [-0.3, -0.25) is 4.79 Å². The van der Waals surface area contributed by atoms with Gasteiger partial charge in [0.1, 0.15) is 5.75 Å². The fourth-order valence-corrected chi connectivity index (χ4v) is 1.24. The van der Waals surface area contributed by atoms with Gasteiger partial charge in [-0.1, -0.05) is 12.1 Å². The average molecular weight is 237 g/mol. The number of hydrogen-bond acceptors (Lipinski definition) is 3. The van der Waals surface area contributed by atoms with Crippen LogP contribution in [0.2, 0.25) is 0 Å². The maximum absolute atomic E-state index is 11.3. The molecule has 5 nitrogen and oxygen atoms in total. The molecule has 1 amide bonds. The Labute approximate surface area is 99.4 Å². The number of carboxylic acids is 1. The number of aliphatic carboxylic acids is 1. The van der Waals surface area contributed by atoms with Crippen LogP contribution in [0.3, 0.4) is 0 Å². The van der Waals surface area contributed by atoms with Crippen LogP contribution < -0.4 is 10.1 Å². The van der Waals surface area contributed by atoms with E-state index in [4.69, 9.17) is 9.84 Å². The van der Waals surface area contributed by atoms with Crippen LogP contribution in [0, 0.1) is 13.8 Å². The van der Waals surface area contributed by atoms with Crippen LogP contribution in [0.1, 0.15) is 17.5 Å². The third-order valence-electron chi connectivity index (χ3n) is 2.37. The van der Waals surface area contributed by atoms with Crippen LogP contribution >= 0.6 is 0 Å². The van der Waals surface area contributed by atoms with Gasteiger partial charge in [-0.05, 0) is 31.0 Å². The molecule has 1 aromatic rings. The van der Waals surface area contributed by atoms with Crippen LogP contribution in [0.4, 0.5) is 4.79 Å². The Morgan fingerprint density at radius 3 is 2.71 bits per heavy atom. The van der Waals surface area contributed by atoms with Crippen molar-refractivity contribution < 1.29 is 19.4 Å². The van der Waals surface area contributed by atoms with Crippen molar-refractivity contribution in [3.63, 3.8) is 0 Å². The molecular formula is C12H15NO4. The molecule has 0 aliphatic heterocycles. The van der Waals surface area contributed by atoms with Crippen LogP contribution in [0.5, 0.6) is 5.75 Å². The smallest absolute Gasteiger partial charge is 0.412 e. The van der Waals surface area contributed by atoms with E-state index in [9.17, 15) is 9.59 Å². The first kappa shape index (κ1) is 13.0. The van der Waals surface area contributed by atoms with E-state index >= 15 is 0 Å². The van der Waals surface area contributed by atoms with E-state index in [1.807, 2.05) is 19.9 Å². The molecule has 0 radical (unpaired) electrons. The Hall–Kier alpha value is -2.04. The second-order valence-electron chi connectivity index (χ2n) is 3.66. The SMILES string of the molecule is Cc1cccc(OC(=O)NCCC(=O)O)c1C. The highest BCUT2D eigenvalue weighted by atomic mass is 16.6. The molecule has 0 atom stereocenters. The summed E-state index contributed by atoms with van der Waals surface area (Å²) in [5, 5.41) is 10.8. The molecule has 0 spiro atoms. The minimum absolute atomic E-state index is 0.0546. The molecule has 0 bridgehead atoms. The van der Waals surface area contributed by atoms with Gasteiger partial charge in [0.2, 0.25) is 0 Å². The Balaban J connectivity index is 2.51. The third-order valence-corrected chi connectivity index (χ3v) is 2.37. The summed E-state index contributed by atoms with van der Waals surface area (Å²) in [6, 6.07) is 5.41. The lowest BCUT2D eigenvalue weighted by molar-refractivity contribution is -0.136. The molecule has 1 rings (SSSR count). The van der Waals surface area contributed by atoms with Gasteiger partial charge < -0.3 is 15.2 Å². The van der Waals surface area contributed by atoms with Gasteiger partial charge in [-0.25, -0.2) is 4.79 Å². The maximum atomic E-state index is 11.3. The highest BCUT2D eigenvalue weighted by Gasteiger charge is 2.08. The van der Waals surface area contributed by atoms with Gasteiger partial charge in [0.15, 0.2) is 0 Å². The van der Waals surface area contributed by atoms with Gasteiger partial charge in [0, 0.05) is 6.54 Å². The van der Waals surface area contributed by atoms with Gasteiger partial charge >= 0.3 is 12.1 Å². The fraction of sp³-hybridized carbons (Fsp3) is 0.333. The number of nitrogens with one attached hydrogen (secondary N) is 1. The van der Waals surface area contributed by atoms with E-state index in [1.165, 1.54) is 0 Å². The number of benzene rings is 1. The molecule has 92 valence electrons. The number of carbonyl (C=O) groups excluding carboxylic acids is 1. The van der Waals surface area contributed by atoms with Crippen molar-refractivity contribution in [1.29, 1.82) is 0 Å². The van der Waals surface area contributed by atoms with E-state index in [-0.39, 0.29) is 13.0 Å². The molecule has 0 aromatic heterocycles. The third kappa shape index (κ3) is 4.14. The molecule has 0 saturated heterocycles. The quantitative estimate of drug-likeness (QED) is 0.838. The Kier molecular flexibility index (Phi) is 4.51. The topological polar surface area (TPSA) is 75.6 Å². The van der Waals surface area contributed by atoms with Crippen LogP contribution in [-0.4, -0.2) is 23.7 Å². The van der Waals surface area contributed by atoms with E-state index < -0.39 is 12.1 Å². The number of ether oxygens (including phenoxy) is 1. The number of hydrogen-bond donors (Lipinski definition) is 2. The lowest BCUT2D eigenvalue weighted by Gasteiger charge is -2.09. The molecule has 5 heteroatoms. The van der Waals surface area contributed by atoms with Crippen molar-refractivity contribution in [2.75, 3.05) is 6.54 Å². The zero-order chi connectivity index (χ0) is 12.8. The molecule has 0 aliphatic carbocycles. The summed E-state index contributed by atoms with van der Waals surface area (Å²) >= 11 is 0. The van der Waals surface area contributed by atoms with Crippen molar-refractivity contribution in [3.8, 4) is 5.75 Å². The van der Waals surface area contributed by atoms with E-state index in [0.717, 1.165) is 11.1 Å². The highest BCUT2D eigenvalue weighted by molar-refractivity contribution is 5.72. The monoisotopic (exact) mass is 237 g/mol.